The molecule has 4 N–H and O–H groups in total. The summed E-state index contributed by atoms with van der Waals surface area (Å²) in [6.45, 7) is 4.59. The molecule has 16 heavy (non-hydrogen) atoms. The van der Waals surface area contributed by atoms with E-state index in [1.54, 1.807) is 12.3 Å². The van der Waals surface area contributed by atoms with Crippen LogP contribution in [0.5, 0.6) is 0 Å². The maximum Gasteiger partial charge on any atom is 0.226 e. The number of rotatable bonds is 6. The summed E-state index contributed by atoms with van der Waals surface area (Å²) in [5, 5.41) is 9.39. The molecule has 0 aliphatic rings. The van der Waals surface area contributed by atoms with Crippen molar-refractivity contribution in [2.75, 3.05) is 6.54 Å². The third kappa shape index (κ3) is 3.66. The van der Waals surface area contributed by atoms with E-state index in [1.807, 2.05) is 13.8 Å². The van der Waals surface area contributed by atoms with Gasteiger partial charge in [0.1, 0.15) is 0 Å². The zero-order valence-electron chi connectivity index (χ0n) is 9.92. The van der Waals surface area contributed by atoms with Crippen LogP contribution in [0.1, 0.15) is 32.4 Å². The summed E-state index contributed by atoms with van der Waals surface area (Å²) >= 11 is 0. The van der Waals surface area contributed by atoms with E-state index in [9.17, 15) is 4.79 Å². The smallest absolute Gasteiger partial charge is 0.226 e. The highest BCUT2D eigenvalue weighted by atomic mass is 16.1. The summed E-state index contributed by atoms with van der Waals surface area (Å²) in [4.78, 5) is 11.6. The number of hydrogen-bond donors (Lipinski definition) is 3. The Labute approximate surface area is 95.8 Å². The standard InChI is InChI=1S/C11H20N4O/c1-3-11(12,4-2)8-13-10(16)7-9-5-6-14-15-9/h5-6H,3-4,7-8,12H2,1-2H3,(H,13,16)(H,14,15). The summed E-state index contributed by atoms with van der Waals surface area (Å²) < 4.78 is 0. The topological polar surface area (TPSA) is 83.8 Å². The Hall–Kier alpha value is -1.36. The first kappa shape index (κ1) is 12.7. The van der Waals surface area contributed by atoms with E-state index in [0.717, 1.165) is 18.5 Å². The zero-order chi connectivity index (χ0) is 12.0. The van der Waals surface area contributed by atoms with Crippen LogP contribution < -0.4 is 11.1 Å². The van der Waals surface area contributed by atoms with Gasteiger partial charge in [-0.25, -0.2) is 0 Å². The van der Waals surface area contributed by atoms with Gasteiger partial charge in [0.2, 0.25) is 5.91 Å². The molecule has 1 aromatic heterocycles. The van der Waals surface area contributed by atoms with Crippen molar-refractivity contribution in [1.29, 1.82) is 0 Å². The quantitative estimate of drug-likeness (QED) is 0.661. The highest BCUT2D eigenvalue weighted by Gasteiger charge is 2.20. The molecule has 0 saturated carbocycles. The molecule has 0 fully saturated rings. The lowest BCUT2D eigenvalue weighted by atomic mass is 9.94. The van der Waals surface area contributed by atoms with Gasteiger partial charge in [-0.15, -0.1) is 0 Å². The van der Waals surface area contributed by atoms with Crippen LogP contribution in [0, 0.1) is 0 Å². The fourth-order valence-corrected chi connectivity index (χ4v) is 1.39. The lowest BCUT2D eigenvalue weighted by molar-refractivity contribution is -0.120. The van der Waals surface area contributed by atoms with E-state index in [4.69, 9.17) is 5.73 Å². The molecule has 0 aliphatic heterocycles. The van der Waals surface area contributed by atoms with Gasteiger partial charge in [-0.2, -0.15) is 5.10 Å². The summed E-state index contributed by atoms with van der Waals surface area (Å²) in [6.07, 6.45) is 3.67. The van der Waals surface area contributed by atoms with Crippen molar-refractivity contribution >= 4 is 5.91 Å². The van der Waals surface area contributed by atoms with Crippen molar-refractivity contribution < 1.29 is 4.79 Å². The predicted molar refractivity (Wildman–Crippen MR) is 62.8 cm³/mol. The molecule has 5 nitrogen and oxygen atoms in total. The fraction of sp³-hybridized carbons (Fsp3) is 0.636. The predicted octanol–water partition coefficient (Wildman–Crippen LogP) is 0.586. The van der Waals surface area contributed by atoms with Gasteiger partial charge in [-0.1, -0.05) is 13.8 Å². The van der Waals surface area contributed by atoms with E-state index in [2.05, 4.69) is 15.5 Å². The van der Waals surface area contributed by atoms with Crippen LogP contribution in [0.25, 0.3) is 0 Å². The summed E-state index contributed by atoms with van der Waals surface area (Å²) in [6, 6.07) is 1.79. The van der Waals surface area contributed by atoms with E-state index in [-0.39, 0.29) is 11.4 Å². The van der Waals surface area contributed by atoms with Gasteiger partial charge < -0.3 is 11.1 Å². The molecule has 0 saturated heterocycles. The third-order valence-corrected chi connectivity index (χ3v) is 2.96. The largest absolute Gasteiger partial charge is 0.354 e. The molecule has 1 amide bonds. The van der Waals surface area contributed by atoms with Gasteiger partial charge >= 0.3 is 0 Å². The van der Waals surface area contributed by atoms with Crippen LogP contribution in [-0.4, -0.2) is 28.2 Å². The highest BCUT2D eigenvalue weighted by molar-refractivity contribution is 5.78. The molecule has 1 heterocycles. The SMILES string of the molecule is CCC(N)(CC)CNC(=O)Cc1ccn[nH]1. The minimum atomic E-state index is -0.288. The second-order valence-corrected chi connectivity index (χ2v) is 4.10. The first-order chi connectivity index (χ1) is 7.59. The molecule has 5 heteroatoms. The Bertz CT molecular complexity index is 317. The normalized spacial score (nSPS) is 11.4. The number of amides is 1. The van der Waals surface area contributed by atoms with E-state index in [1.165, 1.54) is 0 Å². The highest BCUT2D eigenvalue weighted by Crippen LogP contribution is 2.09. The van der Waals surface area contributed by atoms with Crippen LogP contribution in [0.3, 0.4) is 0 Å². The van der Waals surface area contributed by atoms with Gasteiger partial charge in [0.15, 0.2) is 0 Å². The Morgan fingerprint density at radius 1 is 1.56 bits per heavy atom. The van der Waals surface area contributed by atoms with Gasteiger partial charge in [-0.05, 0) is 18.9 Å². The number of aromatic amines is 1. The number of nitrogens with one attached hydrogen (secondary N) is 2. The molecule has 0 atom stereocenters. The minimum Gasteiger partial charge on any atom is -0.354 e. The number of hydrogen-bond acceptors (Lipinski definition) is 3. The maximum atomic E-state index is 11.6. The van der Waals surface area contributed by atoms with Crippen LogP contribution >= 0.6 is 0 Å². The number of nitrogens with zero attached hydrogens (tertiary/aromatic N) is 1. The van der Waals surface area contributed by atoms with Gasteiger partial charge in [0, 0.05) is 24.0 Å². The zero-order valence-corrected chi connectivity index (χ0v) is 9.92. The molecule has 0 bridgehead atoms. The van der Waals surface area contributed by atoms with Crippen LogP contribution in [0.15, 0.2) is 12.3 Å². The number of H-pyrrole nitrogens is 1. The minimum absolute atomic E-state index is 0.0269. The molecule has 0 radical (unpaired) electrons. The van der Waals surface area contributed by atoms with Crippen molar-refractivity contribution in [3.05, 3.63) is 18.0 Å². The Morgan fingerprint density at radius 3 is 2.75 bits per heavy atom. The molecule has 1 aromatic rings. The van der Waals surface area contributed by atoms with Gasteiger partial charge in [-0.3, -0.25) is 9.89 Å². The molecular weight excluding hydrogens is 204 g/mol. The Kier molecular flexibility index (Phi) is 4.49. The summed E-state index contributed by atoms with van der Waals surface area (Å²) in [5.74, 6) is -0.0269. The first-order valence-electron chi connectivity index (χ1n) is 5.63. The van der Waals surface area contributed by atoms with Crippen LogP contribution in [0.2, 0.25) is 0 Å². The van der Waals surface area contributed by atoms with Gasteiger partial charge in [0.05, 0.1) is 6.42 Å². The molecule has 1 rings (SSSR count). The number of carbonyl (C=O) groups excluding carboxylic acids is 1. The molecule has 0 aliphatic carbocycles. The molecule has 0 unspecified atom stereocenters. The second kappa shape index (κ2) is 5.65. The van der Waals surface area contributed by atoms with E-state index in [0.29, 0.717) is 13.0 Å². The van der Waals surface area contributed by atoms with E-state index < -0.39 is 0 Å². The van der Waals surface area contributed by atoms with Crippen molar-refractivity contribution in [3.8, 4) is 0 Å². The van der Waals surface area contributed by atoms with Crippen LogP contribution in [0.4, 0.5) is 0 Å². The van der Waals surface area contributed by atoms with Crippen molar-refractivity contribution in [3.63, 3.8) is 0 Å². The number of carbonyl (C=O) groups is 1. The lowest BCUT2D eigenvalue weighted by Gasteiger charge is -2.26. The average molecular weight is 224 g/mol. The number of aromatic nitrogens is 2. The van der Waals surface area contributed by atoms with Gasteiger partial charge in [0.25, 0.3) is 0 Å². The Morgan fingerprint density at radius 2 is 2.25 bits per heavy atom. The summed E-state index contributed by atoms with van der Waals surface area (Å²) in [5.41, 5.74) is 6.61. The maximum absolute atomic E-state index is 11.6. The van der Waals surface area contributed by atoms with Crippen LogP contribution in [-0.2, 0) is 11.2 Å². The molecular formula is C11H20N4O. The van der Waals surface area contributed by atoms with Crippen molar-refractivity contribution in [2.45, 2.75) is 38.6 Å². The van der Waals surface area contributed by atoms with Crippen molar-refractivity contribution in [1.82, 2.24) is 15.5 Å². The molecule has 90 valence electrons. The lowest BCUT2D eigenvalue weighted by Crippen LogP contribution is -2.49. The Balaban J connectivity index is 2.35. The number of nitrogens with two attached hydrogens (primary N) is 1. The van der Waals surface area contributed by atoms with E-state index >= 15 is 0 Å². The average Bonchev–Trinajstić information content (AvgIpc) is 2.79. The molecule has 0 aromatic carbocycles. The second-order valence-electron chi connectivity index (χ2n) is 4.10. The third-order valence-electron chi connectivity index (χ3n) is 2.96. The fourth-order valence-electron chi connectivity index (χ4n) is 1.39. The van der Waals surface area contributed by atoms with Crippen molar-refractivity contribution in [2.24, 2.45) is 5.73 Å². The molecule has 0 spiro atoms. The monoisotopic (exact) mass is 224 g/mol. The summed E-state index contributed by atoms with van der Waals surface area (Å²) in [7, 11) is 0. The first-order valence-corrected chi connectivity index (χ1v) is 5.63.